The van der Waals surface area contributed by atoms with E-state index in [-0.39, 0.29) is 0 Å². The quantitative estimate of drug-likeness (QED) is 0.431. The lowest BCUT2D eigenvalue weighted by Crippen LogP contribution is -2.15. The van der Waals surface area contributed by atoms with E-state index >= 15 is 0 Å². The lowest BCUT2D eigenvalue weighted by atomic mass is 10.1. The number of benzene rings is 1. The Morgan fingerprint density at radius 3 is 2.66 bits per heavy atom. The monoisotopic (exact) mass is 408 g/mol. The maximum Gasteiger partial charge on any atom is 0.206 e. The van der Waals surface area contributed by atoms with E-state index in [4.69, 9.17) is 14.6 Å². The molecule has 0 aliphatic rings. The Hall–Kier alpha value is -3.19. The molecule has 0 aliphatic heterocycles. The molecule has 0 fully saturated rings. The SMILES string of the molecule is C=C(C)CN=c1scc(-c2cc(OC)ccc2OC)n1/N=C(\C)c1ccccn1. The second-order valence-corrected chi connectivity index (χ2v) is 7.29. The summed E-state index contributed by atoms with van der Waals surface area (Å²) < 4.78 is 12.8. The van der Waals surface area contributed by atoms with Gasteiger partial charge in [0.05, 0.1) is 37.9 Å². The number of aromatic nitrogens is 2. The molecule has 0 atom stereocenters. The molecule has 3 aromatic rings. The van der Waals surface area contributed by atoms with Gasteiger partial charge >= 0.3 is 0 Å². The number of hydrogen-bond acceptors (Lipinski definition) is 6. The lowest BCUT2D eigenvalue weighted by molar-refractivity contribution is 0.404. The summed E-state index contributed by atoms with van der Waals surface area (Å²) in [5, 5.41) is 6.85. The van der Waals surface area contributed by atoms with Crippen molar-refractivity contribution < 1.29 is 9.47 Å². The first-order valence-corrected chi connectivity index (χ1v) is 9.96. The van der Waals surface area contributed by atoms with Crippen LogP contribution in [0.4, 0.5) is 0 Å². The number of nitrogens with zero attached hydrogens (tertiary/aromatic N) is 4. The van der Waals surface area contributed by atoms with Crippen LogP contribution in [0.1, 0.15) is 19.5 Å². The second kappa shape index (κ2) is 9.34. The predicted molar refractivity (Wildman–Crippen MR) is 118 cm³/mol. The normalized spacial score (nSPS) is 12.1. The maximum atomic E-state index is 5.58. The third-order valence-electron chi connectivity index (χ3n) is 4.14. The highest BCUT2D eigenvalue weighted by atomic mass is 32.1. The van der Waals surface area contributed by atoms with E-state index in [9.17, 15) is 0 Å². The van der Waals surface area contributed by atoms with Crippen LogP contribution in [-0.2, 0) is 0 Å². The van der Waals surface area contributed by atoms with Gasteiger partial charge in [0.2, 0.25) is 4.80 Å². The van der Waals surface area contributed by atoms with Crippen LogP contribution >= 0.6 is 11.3 Å². The molecule has 0 aliphatic carbocycles. The molecule has 3 rings (SSSR count). The van der Waals surface area contributed by atoms with Gasteiger partial charge in [0, 0.05) is 17.1 Å². The van der Waals surface area contributed by atoms with Crippen LogP contribution in [0.3, 0.4) is 0 Å². The third-order valence-corrected chi connectivity index (χ3v) is 4.99. The summed E-state index contributed by atoms with van der Waals surface area (Å²) in [5.74, 6) is 1.47. The van der Waals surface area contributed by atoms with Crippen LogP contribution in [0.25, 0.3) is 11.3 Å². The zero-order valence-electron chi connectivity index (χ0n) is 17.0. The average Bonchev–Trinajstić information content (AvgIpc) is 3.14. The Kier molecular flexibility index (Phi) is 6.61. The molecule has 29 heavy (non-hydrogen) atoms. The van der Waals surface area contributed by atoms with E-state index in [0.29, 0.717) is 6.54 Å². The first kappa shape index (κ1) is 20.5. The van der Waals surface area contributed by atoms with Crippen LogP contribution in [0, 0.1) is 0 Å². The van der Waals surface area contributed by atoms with E-state index in [1.165, 1.54) is 11.3 Å². The van der Waals surface area contributed by atoms with Crippen molar-refractivity contribution in [1.82, 2.24) is 9.66 Å². The first-order valence-electron chi connectivity index (χ1n) is 9.08. The van der Waals surface area contributed by atoms with Gasteiger partial charge in [0.25, 0.3) is 0 Å². The van der Waals surface area contributed by atoms with Crippen molar-refractivity contribution >= 4 is 17.0 Å². The van der Waals surface area contributed by atoms with Gasteiger partial charge in [-0.15, -0.1) is 11.3 Å². The van der Waals surface area contributed by atoms with Crippen molar-refractivity contribution in [2.24, 2.45) is 10.1 Å². The largest absolute Gasteiger partial charge is 0.497 e. The fourth-order valence-corrected chi connectivity index (χ4v) is 3.51. The molecule has 6 nitrogen and oxygen atoms in total. The molecule has 0 unspecified atom stereocenters. The molecule has 1 aromatic carbocycles. The van der Waals surface area contributed by atoms with E-state index in [0.717, 1.165) is 44.5 Å². The number of hydrogen-bond donors (Lipinski definition) is 0. The Morgan fingerprint density at radius 1 is 1.17 bits per heavy atom. The van der Waals surface area contributed by atoms with Gasteiger partial charge < -0.3 is 9.47 Å². The van der Waals surface area contributed by atoms with Crippen molar-refractivity contribution in [3.63, 3.8) is 0 Å². The van der Waals surface area contributed by atoms with Gasteiger partial charge in [-0.05, 0) is 44.2 Å². The number of methoxy groups -OCH3 is 2. The highest BCUT2D eigenvalue weighted by Crippen LogP contribution is 2.33. The Balaban J connectivity index is 2.22. The van der Waals surface area contributed by atoms with Gasteiger partial charge in [-0.3, -0.25) is 9.98 Å². The molecular formula is C22H24N4O2S. The minimum atomic E-state index is 0.535. The zero-order chi connectivity index (χ0) is 20.8. The number of rotatable bonds is 7. The van der Waals surface area contributed by atoms with Gasteiger partial charge in [-0.25, -0.2) is 4.68 Å². The molecule has 150 valence electrons. The molecule has 2 aromatic heterocycles. The molecule has 0 spiro atoms. The van der Waals surface area contributed by atoms with Crippen molar-refractivity contribution in [3.8, 4) is 22.8 Å². The summed E-state index contributed by atoms with van der Waals surface area (Å²) in [7, 11) is 3.29. The highest BCUT2D eigenvalue weighted by Gasteiger charge is 2.15. The minimum Gasteiger partial charge on any atom is -0.497 e. The van der Waals surface area contributed by atoms with Gasteiger partial charge in [0.1, 0.15) is 11.5 Å². The van der Waals surface area contributed by atoms with Crippen LogP contribution in [-0.4, -0.2) is 36.1 Å². The van der Waals surface area contributed by atoms with Crippen LogP contribution in [0.5, 0.6) is 11.5 Å². The van der Waals surface area contributed by atoms with Crippen LogP contribution in [0.2, 0.25) is 0 Å². The first-order chi connectivity index (χ1) is 14.0. The van der Waals surface area contributed by atoms with E-state index in [1.54, 1.807) is 20.4 Å². The average molecular weight is 409 g/mol. The smallest absolute Gasteiger partial charge is 0.206 e. The van der Waals surface area contributed by atoms with Crippen molar-refractivity contribution in [2.75, 3.05) is 20.8 Å². The van der Waals surface area contributed by atoms with Gasteiger partial charge in [-0.2, -0.15) is 5.10 Å². The maximum absolute atomic E-state index is 5.58. The molecule has 2 heterocycles. The van der Waals surface area contributed by atoms with Crippen LogP contribution < -0.4 is 14.3 Å². The summed E-state index contributed by atoms with van der Waals surface area (Å²) in [6.07, 6.45) is 1.75. The molecule has 0 radical (unpaired) electrons. The third kappa shape index (κ3) is 4.81. The Bertz CT molecular complexity index is 1100. The Morgan fingerprint density at radius 2 is 2.00 bits per heavy atom. The Labute approximate surface area is 174 Å². The van der Waals surface area contributed by atoms with Gasteiger partial charge in [-0.1, -0.05) is 18.2 Å². The molecule has 0 saturated heterocycles. The molecular weight excluding hydrogens is 384 g/mol. The van der Waals surface area contributed by atoms with E-state index in [2.05, 4.69) is 16.6 Å². The molecule has 0 saturated carbocycles. The summed E-state index contributed by atoms with van der Waals surface area (Å²) in [5.41, 5.74) is 4.30. The summed E-state index contributed by atoms with van der Waals surface area (Å²) in [6.45, 7) is 8.36. The van der Waals surface area contributed by atoms with Crippen molar-refractivity contribution in [2.45, 2.75) is 13.8 Å². The number of pyridine rings is 1. The standard InChI is InChI=1S/C22H24N4O2S/c1-15(2)13-24-22-26(25-16(3)19-8-6-7-11-23-19)20(14-29-22)18-12-17(27-4)9-10-21(18)28-5/h6-12,14H,1,13H2,2-5H3/b24-22?,25-16+. The van der Waals surface area contributed by atoms with Crippen LogP contribution in [0.15, 0.2) is 70.2 Å². The van der Waals surface area contributed by atoms with Crippen molar-refractivity contribution in [1.29, 1.82) is 0 Å². The van der Waals surface area contributed by atoms with E-state index < -0.39 is 0 Å². The lowest BCUT2D eigenvalue weighted by Gasteiger charge is -2.11. The molecule has 0 bridgehead atoms. The topological polar surface area (TPSA) is 61.0 Å². The molecule has 7 heteroatoms. The van der Waals surface area contributed by atoms with Crippen molar-refractivity contribution in [3.05, 3.63) is 70.6 Å². The minimum absolute atomic E-state index is 0.535. The molecule has 0 N–H and O–H groups in total. The fourth-order valence-electron chi connectivity index (χ4n) is 2.68. The number of thiazole rings is 1. The van der Waals surface area contributed by atoms with E-state index in [1.807, 2.05) is 60.3 Å². The summed E-state index contributed by atoms with van der Waals surface area (Å²) in [4.78, 5) is 9.84. The summed E-state index contributed by atoms with van der Waals surface area (Å²) in [6, 6.07) is 11.4. The number of ether oxygens (including phenoxy) is 2. The zero-order valence-corrected chi connectivity index (χ0v) is 17.9. The van der Waals surface area contributed by atoms with Gasteiger partial charge in [0.15, 0.2) is 0 Å². The highest BCUT2D eigenvalue weighted by molar-refractivity contribution is 7.07. The fraction of sp³-hybridized carbons (Fsp3) is 0.227. The summed E-state index contributed by atoms with van der Waals surface area (Å²) >= 11 is 1.51. The molecule has 0 amide bonds. The second-order valence-electron chi connectivity index (χ2n) is 6.46. The predicted octanol–water partition coefficient (Wildman–Crippen LogP) is 4.38.